The standard InChI is InChI=1S/C13H13FN2O/c1-8-5-11(14)10(6-12(8)15)9-3-4-13(17)16(2)7-9/h3-7H,15H2,1-2H3. The van der Waals surface area contributed by atoms with E-state index in [-0.39, 0.29) is 11.4 Å². The molecule has 1 aromatic heterocycles. The molecule has 2 N–H and O–H groups in total. The minimum atomic E-state index is -0.338. The van der Waals surface area contributed by atoms with Crippen molar-refractivity contribution in [3.8, 4) is 11.1 Å². The number of nitrogens with zero attached hydrogens (tertiary/aromatic N) is 1. The van der Waals surface area contributed by atoms with Gasteiger partial charge in [0, 0.05) is 36.1 Å². The van der Waals surface area contributed by atoms with Crippen LogP contribution in [-0.2, 0) is 7.05 Å². The van der Waals surface area contributed by atoms with Crippen LogP contribution in [0.25, 0.3) is 11.1 Å². The maximum atomic E-state index is 13.8. The molecule has 0 aliphatic rings. The molecular weight excluding hydrogens is 219 g/mol. The van der Waals surface area contributed by atoms with E-state index in [1.54, 1.807) is 32.3 Å². The fourth-order valence-electron chi connectivity index (χ4n) is 1.66. The minimum absolute atomic E-state index is 0.130. The highest BCUT2D eigenvalue weighted by molar-refractivity contribution is 5.69. The van der Waals surface area contributed by atoms with Crippen molar-refractivity contribution in [2.45, 2.75) is 6.92 Å². The molecule has 0 fully saturated rings. The van der Waals surface area contributed by atoms with Gasteiger partial charge in [0.15, 0.2) is 0 Å². The van der Waals surface area contributed by atoms with Gasteiger partial charge in [0.2, 0.25) is 5.56 Å². The van der Waals surface area contributed by atoms with Crippen LogP contribution in [0.4, 0.5) is 10.1 Å². The highest BCUT2D eigenvalue weighted by Crippen LogP contribution is 2.26. The Morgan fingerprint density at radius 1 is 1.29 bits per heavy atom. The normalized spacial score (nSPS) is 10.5. The quantitative estimate of drug-likeness (QED) is 0.765. The van der Waals surface area contributed by atoms with Gasteiger partial charge < -0.3 is 10.3 Å². The Labute approximate surface area is 98.3 Å². The van der Waals surface area contributed by atoms with Crippen molar-refractivity contribution in [2.24, 2.45) is 7.05 Å². The van der Waals surface area contributed by atoms with Gasteiger partial charge >= 0.3 is 0 Å². The second kappa shape index (κ2) is 4.05. The number of benzene rings is 1. The lowest BCUT2D eigenvalue weighted by Crippen LogP contribution is -2.14. The Balaban J connectivity index is 2.64. The lowest BCUT2D eigenvalue weighted by atomic mass is 10.0. The number of halogens is 1. The number of hydrogen-bond acceptors (Lipinski definition) is 2. The van der Waals surface area contributed by atoms with E-state index in [4.69, 9.17) is 5.73 Å². The third kappa shape index (κ3) is 2.06. The summed E-state index contributed by atoms with van der Waals surface area (Å²) in [4.78, 5) is 11.3. The maximum Gasteiger partial charge on any atom is 0.250 e. The van der Waals surface area contributed by atoms with Crippen LogP contribution >= 0.6 is 0 Å². The van der Waals surface area contributed by atoms with Crippen molar-refractivity contribution in [1.82, 2.24) is 4.57 Å². The molecule has 0 saturated heterocycles. The molecule has 0 saturated carbocycles. The predicted molar refractivity (Wildman–Crippen MR) is 66.2 cm³/mol. The van der Waals surface area contributed by atoms with Crippen LogP contribution in [0.2, 0.25) is 0 Å². The van der Waals surface area contributed by atoms with Crippen molar-refractivity contribution in [3.63, 3.8) is 0 Å². The summed E-state index contributed by atoms with van der Waals surface area (Å²) in [5, 5.41) is 0. The van der Waals surface area contributed by atoms with Gasteiger partial charge in [0.1, 0.15) is 5.82 Å². The van der Waals surface area contributed by atoms with Crippen LogP contribution in [0.1, 0.15) is 5.56 Å². The first kappa shape index (κ1) is 11.4. The van der Waals surface area contributed by atoms with Gasteiger partial charge in [-0.05, 0) is 30.7 Å². The van der Waals surface area contributed by atoms with Gasteiger partial charge in [-0.2, -0.15) is 0 Å². The molecule has 0 amide bonds. The zero-order valence-electron chi connectivity index (χ0n) is 9.70. The zero-order chi connectivity index (χ0) is 12.6. The Kier molecular flexibility index (Phi) is 2.71. The summed E-state index contributed by atoms with van der Waals surface area (Å²) in [6.45, 7) is 1.75. The van der Waals surface area contributed by atoms with Gasteiger partial charge in [-0.3, -0.25) is 4.79 Å². The second-order valence-electron chi connectivity index (χ2n) is 4.06. The summed E-state index contributed by atoms with van der Waals surface area (Å²) < 4.78 is 15.2. The average Bonchev–Trinajstić information content (AvgIpc) is 2.27. The van der Waals surface area contributed by atoms with Crippen LogP contribution in [0.15, 0.2) is 35.3 Å². The Bertz CT molecular complexity index is 632. The van der Waals surface area contributed by atoms with Gasteiger partial charge in [0.05, 0.1) is 0 Å². The molecule has 0 aliphatic heterocycles. The maximum absolute atomic E-state index is 13.8. The Morgan fingerprint density at radius 3 is 2.65 bits per heavy atom. The molecule has 0 atom stereocenters. The van der Waals surface area contributed by atoms with E-state index < -0.39 is 0 Å². The third-order valence-corrected chi connectivity index (χ3v) is 2.75. The van der Waals surface area contributed by atoms with E-state index in [1.807, 2.05) is 0 Å². The number of nitrogen functional groups attached to an aromatic ring is 1. The zero-order valence-corrected chi connectivity index (χ0v) is 9.70. The third-order valence-electron chi connectivity index (χ3n) is 2.75. The predicted octanol–water partition coefficient (Wildman–Crippen LogP) is 2.08. The second-order valence-corrected chi connectivity index (χ2v) is 4.06. The molecule has 0 aliphatic carbocycles. The lowest BCUT2D eigenvalue weighted by molar-refractivity contribution is 0.630. The number of rotatable bonds is 1. The summed E-state index contributed by atoms with van der Waals surface area (Å²) in [5.74, 6) is -0.338. The van der Waals surface area contributed by atoms with Gasteiger partial charge in [-0.15, -0.1) is 0 Å². The largest absolute Gasteiger partial charge is 0.398 e. The van der Waals surface area contributed by atoms with Crippen molar-refractivity contribution in [1.29, 1.82) is 0 Å². The van der Waals surface area contributed by atoms with E-state index in [9.17, 15) is 9.18 Å². The SMILES string of the molecule is Cc1cc(F)c(-c2ccc(=O)n(C)c2)cc1N. The fraction of sp³-hybridized carbons (Fsp3) is 0.154. The van der Waals surface area contributed by atoms with Crippen molar-refractivity contribution in [3.05, 3.63) is 52.2 Å². The molecule has 2 aromatic rings. The first-order chi connectivity index (χ1) is 7.99. The molecular formula is C13H13FN2O. The molecule has 0 bridgehead atoms. The summed E-state index contributed by atoms with van der Waals surface area (Å²) in [6.07, 6.45) is 1.59. The summed E-state index contributed by atoms with van der Waals surface area (Å²) in [5.41, 5.74) is 7.91. The Hall–Kier alpha value is -2.10. The van der Waals surface area contributed by atoms with Gasteiger partial charge in [-0.1, -0.05) is 0 Å². The fourth-order valence-corrected chi connectivity index (χ4v) is 1.66. The van der Waals surface area contributed by atoms with Gasteiger partial charge in [-0.25, -0.2) is 4.39 Å². The lowest BCUT2D eigenvalue weighted by Gasteiger charge is -2.08. The molecule has 1 heterocycles. The molecule has 1 aromatic carbocycles. The highest BCUT2D eigenvalue weighted by Gasteiger charge is 2.08. The summed E-state index contributed by atoms with van der Waals surface area (Å²) in [7, 11) is 1.63. The van der Waals surface area contributed by atoms with Crippen LogP contribution in [-0.4, -0.2) is 4.57 Å². The van der Waals surface area contributed by atoms with Crippen LogP contribution in [0.5, 0.6) is 0 Å². The van der Waals surface area contributed by atoms with E-state index in [0.29, 0.717) is 22.4 Å². The smallest absolute Gasteiger partial charge is 0.250 e. The molecule has 3 nitrogen and oxygen atoms in total. The Morgan fingerprint density at radius 2 is 2.00 bits per heavy atom. The van der Waals surface area contributed by atoms with Crippen LogP contribution in [0, 0.1) is 12.7 Å². The summed E-state index contributed by atoms with van der Waals surface area (Å²) >= 11 is 0. The molecule has 0 unspecified atom stereocenters. The first-order valence-electron chi connectivity index (χ1n) is 5.21. The van der Waals surface area contributed by atoms with Crippen LogP contribution in [0.3, 0.4) is 0 Å². The first-order valence-corrected chi connectivity index (χ1v) is 5.21. The van der Waals surface area contributed by atoms with Gasteiger partial charge in [0.25, 0.3) is 0 Å². The van der Waals surface area contributed by atoms with Crippen molar-refractivity contribution >= 4 is 5.69 Å². The number of hydrogen-bond donors (Lipinski definition) is 1. The van der Waals surface area contributed by atoms with E-state index >= 15 is 0 Å². The number of aromatic nitrogens is 1. The number of pyridine rings is 1. The average molecular weight is 232 g/mol. The molecule has 0 spiro atoms. The number of anilines is 1. The topological polar surface area (TPSA) is 48.0 Å². The molecule has 2 rings (SSSR count). The molecule has 4 heteroatoms. The van der Waals surface area contributed by atoms with E-state index in [0.717, 1.165) is 0 Å². The van der Waals surface area contributed by atoms with Crippen LogP contribution < -0.4 is 11.3 Å². The molecule has 17 heavy (non-hydrogen) atoms. The summed E-state index contributed by atoms with van der Waals surface area (Å²) in [6, 6.07) is 5.99. The molecule has 88 valence electrons. The molecule has 0 radical (unpaired) electrons. The van der Waals surface area contributed by atoms with E-state index in [1.165, 1.54) is 16.7 Å². The number of nitrogens with two attached hydrogens (primary N) is 1. The highest BCUT2D eigenvalue weighted by atomic mass is 19.1. The minimum Gasteiger partial charge on any atom is -0.398 e. The monoisotopic (exact) mass is 232 g/mol. The van der Waals surface area contributed by atoms with Crippen molar-refractivity contribution in [2.75, 3.05) is 5.73 Å². The number of aryl methyl sites for hydroxylation is 2. The van der Waals surface area contributed by atoms with Crippen molar-refractivity contribution < 1.29 is 4.39 Å². The van der Waals surface area contributed by atoms with E-state index in [2.05, 4.69) is 0 Å².